The average molecular weight is 353 g/mol. The van der Waals surface area contributed by atoms with Crippen molar-refractivity contribution >= 4 is 22.7 Å². The highest BCUT2D eigenvalue weighted by Crippen LogP contribution is 2.20. The topological polar surface area (TPSA) is 94.1 Å². The summed E-state index contributed by atoms with van der Waals surface area (Å²) in [6.07, 6.45) is 1.20. The summed E-state index contributed by atoms with van der Waals surface area (Å²) in [5.74, 6) is -0.688. The summed E-state index contributed by atoms with van der Waals surface area (Å²) in [5.41, 5.74) is 2.25. The van der Waals surface area contributed by atoms with E-state index in [1.54, 1.807) is 45.0 Å². The van der Waals surface area contributed by atoms with Crippen LogP contribution in [0.25, 0.3) is 10.9 Å². The molecule has 0 atom stereocenters. The summed E-state index contributed by atoms with van der Waals surface area (Å²) in [6.45, 7) is 5.38. The van der Waals surface area contributed by atoms with Crippen LogP contribution in [0.4, 0.5) is 0 Å². The predicted molar refractivity (Wildman–Crippen MR) is 96.6 cm³/mol. The molecule has 26 heavy (non-hydrogen) atoms. The van der Waals surface area contributed by atoms with E-state index in [2.05, 4.69) is 10.1 Å². The fraction of sp³-hybridized carbons (Fsp3) is 0.263. The molecule has 0 aliphatic heterocycles. The highest BCUT2D eigenvalue weighted by molar-refractivity contribution is 6.01. The number of carbonyl (C=O) groups excluding carboxylic acids is 2. The predicted octanol–water partition coefficient (Wildman–Crippen LogP) is 2.40. The van der Waals surface area contributed by atoms with Crippen LogP contribution in [0.5, 0.6) is 0 Å². The molecule has 3 aromatic rings. The number of aromatic nitrogens is 3. The number of nitrogens with zero attached hydrogens (tertiary/aromatic N) is 2. The van der Waals surface area contributed by atoms with Gasteiger partial charge in [0.2, 0.25) is 11.2 Å². The van der Waals surface area contributed by atoms with Gasteiger partial charge in [-0.25, -0.2) is 4.79 Å². The van der Waals surface area contributed by atoms with E-state index in [0.717, 1.165) is 0 Å². The Morgan fingerprint density at radius 1 is 1.23 bits per heavy atom. The monoisotopic (exact) mass is 353 g/mol. The SMILES string of the molecule is CCOC(=O)c1c(C)[nH]c(C(=O)Cn2ncc(=O)c3ccccc32)c1C. The molecule has 0 radical (unpaired) electrons. The van der Waals surface area contributed by atoms with Gasteiger partial charge in [-0.3, -0.25) is 14.3 Å². The molecule has 2 heterocycles. The molecular weight excluding hydrogens is 334 g/mol. The normalized spacial score (nSPS) is 10.9. The molecule has 0 amide bonds. The van der Waals surface area contributed by atoms with E-state index < -0.39 is 5.97 Å². The molecule has 1 N–H and O–H groups in total. The lowest BCUT2D eigenvalue weighted by Gasteiger charge is -2.08. The van der Waals surface area contributed by atoms with Crippen LogP contribution >= 0.6 is 0 Å². The largest absolute Gasteiger partial charge is 0.462 e. The lowest BCUT2D eigenvalue weighted by Crippen LogP contribution is -2.18. The molecular formula is C19H19N3O4. The number of para-hydroxylation sites is 1. The number of Topliss-reactive ketones (excluding diaryl/α,β-unsaturated/α-hetero) is 1. The minimum Gasteiger partial charge on any atom is -0.462 e. The zero-order valence-corrected chi connectivity index (χ0v) is 14.8. The Morgan fingerprint density at radius 2 is 1.96 bits per heavy atom. The smallest absolute Gasteiger partial charge is 0.340 e. The minimum atomic E-state index is -0.454. The van der Waals surface area contributed by atoms with Crippen molar-refractivity contribution < 1.29 is 14.3 Å². The van der Waals surface area contributed by atoms with Gasteiger partial charge in [0.15, 0.2) is 0 Å². The number of ketones is 1. The second-order valence-electron chi connectivity index (χ2n) is 5.95. The number of rotatable bonds is 5. The molecule has 0 saturated heterocycles. The fourth-order valence-corrected chi connectivity index (χ4v) is 3.04. The third kappa shape index (κ3) is 3.03. The molecule has 0 unspecified atom stereocenters. The van der Waals surface area contributed by atoms with Gasteiger partial charge in [0.25, 0.3) is 0 Å². The molecule has 2 aromatic heterocycles. The first-order valence-corrected chi connectivity index (χ1v) is 8.28. The zero-order valence-electron chi connectivity index (χ0n) is 14.8. The molecule has 134 valence electrons. The van der Waals surface area contributed by atoms with Crippen molar-refractivity contribution in [1.29, 1.82) is 0 Å². The van der Waals surface area contributed by atoms with Gasteiger partial charge in [0.05, 0.1) is 29.6 Å². The van der Waals surface area contributed by atoms with Crippen LogP contribution in [0.3, 0.4) is 0 Å². The highest BCUT2D eigenvalue weighted by atomic mass is 16.5. The molecule has 0 aliphatic carbocycles. The van der Waals surface area contributed by atoms with Crippen molar-refractivity contribution in [2.45, 2.75) is 27.3 Å². The number of hydrogen-bond donors (Lipinski definition) is 1. The van der Waals surface area contributed by atoms with Crippen molar-refractivity contribution in [2.75, 3.05) is 6.61 Å². The number of esters is 1. The van der Waals surface area contributed by atoms with Crippen molar-refractivity contribution in [3.63, 3.8) is 0 Å². The van der Waals surface area contributed by atoms with E-state index in [1.165, 1.54) is 10.9 Å². The lowest BCUT2D eigenvalue weighted by molar-refractivity contribution is 0.0525. The molecule has 0 bridgehead atoms. The second-order valence-corrected chi connectivity index (χ2v) is 5.95. The minimum absolute atomic E-state index is 0.0517. The third-order valence-corrected chi connectivity index (χ3v) is 4.25. The molecule has 0 spiro atoms. The summed E-state index contributed by atoms with van der Waals surface area (Å²) in [7, 11) is 0. The van der Waals surface area contributed by atoms with Gasteiger partial charge >= 0.3 is 5.97 Å². The number of nitrogens with one attached hydrogen (secondary N) is 1. The Balaban J connectivity index is 1.97. The first-order valence-electron chi connectivity index (χ1n) is 8.28. The van der Waals surface area contributed by atoms with Crippen LogP contribution in [-0.4, -0.2) is 33.1 Å². The van der Waals surface area contributed by atoms with E-state index in [1.807, 2.05) is 0 Å². The van der Waals surface area contributed by atoms with Crippen LogP contribution in [0.15, 0.2) is 35.3 Å². The van der Waals surface area contributed by atoms with E-state index in [4.69, 9.17) is 4.74 Å². The first kappa shape index (κ1) is 17.6. The van der Waals surface area contributed by atoms with E-state index in [-0.39, 0.29) is 24.4 Å². The number of H-pyrrole nitrogens is 1. The molecule has 0 aliphatic rings. The number of hydrogen-bond acceptors (Lipinski definition) is 5. The van der Waals surface area contributed by atoms with Gasteiger partial charge in [-0.05, 0) is 38.5 Å². The van der Waals surface area contributed by atoms with E-state index in [0.29, 0.717) is 33.4 Å². The standard InChI is InChI=1S/C19H19N3O4/c1-4-26-19(25)17-11(2)18(21-12(17)3)16(24)10-22-14-8-6-5-7-13(14)15(23)9-20-22/h5-9,21H,4,10H2,1-3H3. The molecule has 1 aromatic carbocycles. The molecule has 7 heteroatoms. The van der Waals surface area contributed by atoms with Crippen LogP contribution < -0.4 is 5.43 Å². The summed E-state index contributed by atoms with van der Waals surface area (Å²) < 4.78 is 6.53. The molecule has 7 nitrogen and oxygen atoms in total. The van der Waals surface area contributed by atoms with Crippen molar-refractivity contribution in [3.05, 3.63) is 63.2 Å². The Morgan fingerprint density at radius 3 is 2.69 bits per heavy atom. The Kier molecular flexibility index (Phi) is 4.71. The average Bonchev–Trinajstić information content (AvgIpc) is 2.92. The second kappa shape index (κ2) is 6.95. The van der Waals surface area contributed by atoms with Crippen molar-refractivity contribution in [1.82, 2.24) is 14.8 Å². The maximum atomic E-state index is 12.8. The Labute approximate surface area is 149 Å². The lowest BCUT2D eigenvalue weighted by atomic mass is 10.1. The number of fused-ring (bicyclic) bond motifs is 1. The number of carbonyl (C=O) groups is 2. The Hall–Kier alpha value is -3.22. The van der Waals surface area contributed by atoms with Gasteiger partial charge in [-0.1, -0.05) is 12.1 Å². The number of ether oxygens (including phenoxy) is 1. The maximum Gasteiger partial charge on any atom is 0.340 e. The number of aryl methyl sites for hydroxylation is 1. The first-order chi connectivity index (χ1) is 12.4. The Bertz CT molecular complexity index is 1060. The van der Waals surface area contributed by atoms with Gasteiger partial charge in [-0.15, -0.1) is 0 Å². The van der Waals surface area contributed by atoms with Crippen molar-refractivity contribution in [3.8, 4) is 0 Å². The van der Waals surface area contributed by atoms with Gasteiger partial charge in [-0.2, -0.15) is 5.10 Å². The molecule has 0 saturated carbocycles. The molecule has 0 fully saturated rings. The molecule has 3 rings (SSSR count). The van der Waals surface area contributed by atoms with Gasteiger partial charge in [0, 0.05) is 11.1 Å². The van der Waals surface area contributed by atoms with E-state index >= 15 is 0 Å². The van der Waals surface area contributed by atoms with E-state index in [9.17, 15) is 14.4 Å². The highest BCUT2D eigenvalue weighted by Gasteiger charge is 2.23. The fourth-order valence-electron chi connectivity index (χ4n) is 3.04. The summed E-state index contributed by atoms with van der Waals surface area (Å²) in [5, 5.41) is 4.57. The summed E-state index contributed by atoms with van der Waals surface area (Å²) in [6, 6.07) is 6.99. The number of benzene rings is 1. The van der Waals surface area contributed by atoms with Crippen LogP contribution in [0.2, 0.25) is 0 Å². The maximum absolute atomic E-state index is 12.8. The van der Waals surface area contributed by atoms with Crippen LogP contribution in [0.1, 0.15) is 39.0 Å². The van der Waals surface area contributed by atoms with Gasteiger partial charge in [0.1, 0.15) is 6.54 Å². The zero-order chi connectivity index (χ0) is 18.8. The van der Waals surface area contributed by atoms with Crippen molar-refractivity contribution in [2.24, 2.45) is 0 Å². The quantitative estimate of drug-likeness (QED) is 0.561. The summed E-state index contributed by atoms with van der Waals surface area (Å²) >= 11 is 0. The van der Waals surface area contributed by atoms with Crippen LogP contribution in [-0.2, 0) is 11.3 Å². The van der Waals surface area contributed by atoms with Gasteiger partial charge < -0.3 is 9.72 Å². The third-order valence-electron chi connectivity index (χ3n) is 4.25. The summed E-state index contributed by atoms with van der Waals surface area (Å²) in [4.78, 5) is 39.8. The number of aromatic amines is 1. The van der Waals surface area contributed by atoms with Crippen LogP contribution in [0, 0.1) is 13.8 Å².